The van der Waals surface area contributed by atoms with E-state index in [1.165, 1.54) is 17.7 Å². The van der Waals surface area contributed by atoms with Crippen molar-refractivity contribution >= 4 is 17.3 Å². The van der Waals surface area contributed by atoms with Gasteiger partial charge in [0, 0.05) is 24.5 Å². The third-order valence-electron chi connectivity index (χ3n) is 3.52. The molecule has 0 fully saturated rings. The quantitative estimate of drug-likeness (QED) is 0.825. The summed E-state index contributed by atoms with van der Waals surface area (Å²) in [4.78, 5) is 13.3. The van der Waals surface area contributed by atoms with Gasteiger partial charge in [-0.1, -0.05) is 13.3 Å². The van der Waals surface area contributed by atoms with Crippen molar-refractivity contribution in [3.8, 4) is 0 Å². The monoisotopic (exact) mass is 261 g/mol. The summed E-state index contributed by atoms with van der Waals surface area (Å²) in [5.41, 5.74) is 9.02. The molecule has 4 heteroatoms. The number of amides is 1. The summed E-state index contributed by atoms with van der Waals surface area (Å²) in [5.74, 6) is -0.271. The van der Waals surface area contributed by atoms with Crippen LogP contribution in [0.1, 0.15) is 31.7 Å². The third-order valence-corrected chi connectivity index (χ3v) is 3.52. The minimum atomic E-state index is -0.271. The van der Waals surface area contributed by atoms with Gasteiger partial charge < -0.3 is 16.0 Å². The number of hydrogen-bond donors (Lipinski definition) is 2. The molecule has 1 amide bonds. The molecule has 0 spiro atoms. The van der Waals surface area contributed by atoms with Crippen LogP contribution < -0.4 is 16.0 Å². The van der Waals surface area contributed by atoms with E-state index in [2.05, 4.69) is 35.3 Å². The average molecular weight is 261 g/mol. The highest BCUT2D eigenvalue weighted by Gasteiger charge is 2.13. The Morgan fingerprint density at radius 2 is 2.32 bits per heavy atom. The number of rotatable bonds is 6. The van der Waals surface area contributed by atoms with Crippen LogP contribution in [0.5, 0.6) is 0 Å². The molecular weight excluding hydrogens is 238 g/mol. The van der Waals surface area contributed by atoms with Crippen LogP contribution in [-0.2, 0) is 11.2 Å². The molecule has 2 rings (SSSR count). The van der Waals surface area contributed by atoms with Crippen LogP contribution in [0.3, 0.4) is 0 Å². The van der Waals surface area contributed by atoms with Gasteiger partial charge in [-0.15, -0.1) is 0 Å². The van der Waals surface area contributed by atoms with Gasteiger partial charge in [-0.25, -0.2) is 0 Å². The normalized spacial score (nSPS) is 13.5. The number of carbonyl (C=O) groups is 1. The summed E-state index contributed by atoms with van der Waals surface area (Å²) < 4.78 is 0. The van der Waals surface area contributed by atoms with Gasteiger partial charge in [0.25, 0.3) is 0 Å². The highest BCUT2D eigenvalue weighted by Crippen LogP contribution is 2.27. The number of unbranched alkanes of at least 4 members (excludes halogenated alkanes) is 1. The molecule has 0 bridgehead atoms. The zero-order chi connectivity index (χ0) is 13.7. The lowest BCUT2D eigenvalue weighted by Gasteiger charge is -2.26. The molecule has 0 unspecified atom stereocenters. The lowest BCUT2D eigenvalue weighted by atomic mass is 10.0. The minimum absolute atomic E-state index is 0.271. The van der Waals surface area contributed by atoms with Crippen molar-refractivity contribution < 1.29 is 4.79 Å². The number of benzene rings is 1. The lowest BCUT2D eigenvalue weighted by molar-refractivity contribution is -0.116. The largest absolute Gasteiger partial charge is 0.385 e. The molecule has 3 N–H and O–H groups in total. The van der Waals surface area contributed by atoms with Gasteiger partial charge in [-0.2, -0.15) is 0 Å². The van der Waals surface area contributed by atoms with E-state index in [0.29, 0.717) is 6.54 Å². The molecule has 0 aromatic heterocycles. The first-order valence-electron chi connectivity index (χ1n) is 7.10. The van der Waals surface area contributed by atoms with Gasteiger partial charge in [0.15, 0.2) is 0 Å². The molecule has 1 aromatic rings. The van der Waals surface area contributed by atoms with Crippen LogP contribution in [-0.4, -0.2) is 25.5 Å². The fourth-order valence-electron chi connectivity index (χ4n) is 2.49. The second-order valence-electron chi connectivity index (χ2n) is 5.11. The van der Waals surface area contributed by atoms with Gasteiger partial charge in [-0.05, 0) is 43.0 Å². The minimum Gasteiger partial charge on any atom is -0.385 e. The molecule has 0 saturated carbocycles. The molecule has 0 aliphatic carbocycles. The van der Waals surface area contributed by atoms with Gasteiger partial charge in [0.2, 0.25) is 5.91 Å². The number of hydrogen-bond acceptors (Lipinski definition) is 3. The van der Waals surface area contributed by atoms with Gasteiger partial charge in [0.1, 0.15) is 0 Å². The van der Waals surface area contributed by atoms with Crippen molar-refractivity contribution in [3.05, 3.63) is 23.8 Å². The number of fused-ring (bicyclic) bond motifs is 1. The summed E-state index contributed by atoms with van der Waals surface area (Å²) >= 11 is 0. The van der Waals surface area contributed by atoms with Crippen molar-refractivity contribution in [1.29, 1.82) is 0 Å². The fourth-order valence-corrected chi connectivity index (χ4v) is 2.49. The maximum Gasteiger partial charge on any atom is 0.236 e. The predicted octanol–water partition coefficient (Wildman–Crippen LogP) is 2.14. The second kappa shape index (κ2) is 6.45. The highest BCUT2D eigenvalue weighted by molar-refractivity contribution is 5.80. The predicted molar refractivity (Wildman–Crippen MR) is 79.6 cm³/mol. The Labute approximate surface area is 115 Å². The topological polar surface area (TPSA) is 58.4 Å². The number of primary amides is 1. The van der Waals surface area contributed by atoms with Crippen LogP contribution in [0.2, 0.25) is 0 Å². The molecule has 0 saturated heterocycles. The maximum absolute atomic E-state index is 11.2. The zero-order valence-corrected chi connectivity index (χ0v) is 11.6. The van der Waals surface area contributed by atoms with E-state index in [1.807, 2.05) is 0 Å². The van der Waals surface area contributed by atoms with E-state index < -0.39 is 0 Å². The van der Waals surface area contributed by atoms with Crippen LogP contribution in [0.25, 0.3) is 0 Å². The number of nitrogens with one attached hydrogen (secondary N) is 1. The molecule has 4 nitrogen and oxygen atoms in total. The molecule has 19 heavy (non-hydrogen) atoms. The number of anilines is 2. The Balaban J connectivity index is 2.17. The van der Waals surface area contributed by atoms with E-state index in [9.17, 15) is 4.79 Å². The molecule has 104 valence electrons. The first-order valence-corrected chi connectivity index (χ1v) is 7.10. The number of carbonyl (C=O) groups excluding carboxylic acids is 1. The average Bonchev–Trinajstić information content (AvgIpc) is 2.42. The van der Waals surface area contributed by atoms with Gasteiger partial charge >= 0.3 is 0 Å². The summed E-state index contributed by atoms with van der Waals surface area (Å²) in [6.07, 6.45) is 4.46. The van der Waals surface area contributed by atoms with E-state index in [0.717, 1.165) is 38.0 Å². The molecule has 1 aliphatic rings. The van der Waals surface area contributed by atoms with Gasteiger partial charge in [0.05, 0.1) is 6.54 Å². The molecule has 1 aromatic carbocycles. The zero-order valence-electron chi connectivity index (χ0n) is 11.6. The smallest absolute Gasteiger partial charge is 0.236 e. The third kappa shape index (κ3) is 3.63. The van der Waals surface area contributed by atoms with E-state index >= 15 is 0 Å². The summed E-state index contributed by atoms with van der Waals surface area (Å²) in [6.45, 7) is 4.38. The van der Waals surface area contributed by atoms with Crippen molar-refractivity contribution in [1.82, 2.24) is 0 Å². The van der Waals surface area contributed by atoms with Crippen molar-refractivity contribution in [2.45, 2.75) is 32.6 Å². The number of nitrogens with two attached hydrogens (primary N) is 1. The van der Waals surface area contributed by atoms with Crippen molar-refractivity contribution in [2.24, 2.45) is 5.73 Å². The first-order chi connectivity index (χ1) is 9.20. The van der Waals surface area contributed by atoms with Crippen LogP contribution in [0.15, 0.2) is 18.2 Å². The molecule has 0 radical (unpaired) electrons. The van der Waals surface area contributed by atoms with Gasteiger partial charge in [-0.3, -0.25) is 4.79 Å². The Kier molecular flexibility index (Phi) is 4.66. The van der Waals surface area contributed by atoms with Crippen molar-refractivity contribution in [2.75, 3.05) is 29.9 Å². The van der Waals surface area contributed by atoms with Crippen LogP contribution in [0, 0.1) is 0 Å². The SMILES string of the molecule is CCCCN(CC(N)=O)c1ccc2c(c1)CCCN2. The Morgan fingerprint density at radius 3 is 3.05 bits per heavy atom. The highest BCUT2D eigenvalue weighted by atomic mass is 16.1. The summed E-state index contributed by atoms with van der Waals surface area (Å²) in [7, 11) is 0. The molecule has 1 aliphatic heterocycles. The van der Waals surface area contributed by atoms with Crippen LogP contribution >= 0.6 is 0 Å². The summed E-state index contributed by atoms with van der Waals surface area (Å²) in [5, 5.41) is 3.40. The molecule has 1 heterocycles. The standard InChI is InChI=1S/C15H23N3O/c1-2-3-9-18(11-15(16)19)13-6-7-14-12(10-13)5-4-8-17-14/h6-7,10,17H,2-5,8-9,11H2,1H3,(H2,16,19). The first kappa shape index (κ1) is 13.7. The number of aryl methyl sites for hydroxylation is 1. The second-order valence-corrected chi connectivity index (χ2v) is 5.11. The van der Waals surface area contributed by atoms with Crippen molar-refractivity contribution in [3.63, 3.8) is 0 Å². The van der Waals surface area contributed by atoms with E-state index in [-0.39, 0.29) is 5.91 Å². The van der Waals surface area contributed by atoms with Crippen LogP contribution in [0.4, 0.5) is 11.4 Å². The Bertz CT molecular complexity index is 445. The Morgan fingerprint density at radius 1 is 1.47 bits per heavy atom. The lowest BCUT2D eigenvalue weighted by Crippen LogP contribution is -2.34. The van der Waals surface area contributed by atoms with E-state index in [1.54, 1.807) is 0 Å². The molecule has 0 atom stereocenters. The fraction of sp³-hybridized carbons (Fsp3) is 0.533. The van der Waals surface area contributed by atoms with E-state index in [4.69, 9.17) is 5.73 Å². The Hall–Kier alpha value is -1.71. The molecular formula is C15H23N3O. The maximum atomic E-state index is 11.2. The summed E-state index contributed by atoms with van der Waals surface area (Å²) in [6, 6.07) is 6.39. The number of nitrogens with zero attached hydrogens (tertiary/aromatic N) is 1.